The van der Waals surface area contributed by atoms with Gasteiger partial charge in [0, 0.05) is 0 Å². The third kappa shape index (κ3) is 3.16. The second-order valence-electron chi connectivity index (χ2n) is 2.31. The summed E-state index contributed by atoms with van der Waals surface area (Å²) < 4.78 is 36.3. The van der Waals surface area contributed by atoms with E-state index in [0.29, 0.717) is 0 Å². The molecule has 0 unspecified atom stereocenters. The van der Waals surface area contributed by atoms with Crippen molar-refractivity contribution in [3.63, 3.8) is 0 Å². The van der Waals surface area contributed by atoms with Crippen LogP contribution < -0.4 is 11.5 Å². The lowest BCUT2D eigenvalue weighted by Gasteiger charge is -2.10. The molecule has 2 nitrogen and oxygen atoms in total. The molecule has 0 fully saturated rings. The summed E-state index contributed by atoms with van der Waals surface area (Å²) in [4.78, 5) is 0. The van der Waals surface area contributed by atoms with Gasteiger partial charge in [0.2, 0.25) is 0 Å². The number of nitrogen functional groups attached to an aromatic ring is 2. The fourth-order valence-corrected chi connectivity index (χ4v) is 0.830. The molecule has 7 heteroatoms. The van der Waals surface area contributed by atoms with Crippen molar-refractivity contribution in [2.24, 2.45) is 0 Å². The molecule has 0 aromatic heterocycles. The first-order chi connectivity index (χ1) is 5.43. The number of hydrogen-bond donors (Lipinski definition) is 2. The van der Waals surface area contributed by atoms with Gasteiger partial charge in [-0.15, -0.1) is 24.8 Å². The first-order valence-electron chi connectivity index (χ1n) is 3.14. The summed E-state index contributed by atoms with van der Waals surface area (Å²) in [7, 11) is 0. The standard InChI is InChI=1S/C7H7F3N2.2ClH/c8-7(9,10)4-2-1-3-5(11)6(4)12;;/h1-3H,11-12H2;2*1H. The topological polar surface area (TPSA) is 52.0 Å². The van der Waals surface area contributed by atoms with Gasteiger partial charge in [-0.25, -0.2) is 0 Å². The van der Waals surface area contributed by atoms with Crippen molar-refractivity contribution in [1.29, 1.82) is 0 Å². The number of para-hydroxylation sites is 1. The highest BCUT2D eigenvalue weighted by atomic mass is 35.5. The Kier molecular flexibility index (Phi) is 5.78. The van der Waals surface area contributed by atoms with Crippen LogP contribution in [0.1, 0.15) is 5.56 Å². The van der Waals surface area contributed by atoms with Gasteiger partial charge in [-0.05, 0) is 12.1 Å². The highest BCUT2D eigenvalue weighted by molar-refractivity contribution is 5.85. The largest absolute Gasteiger partial charge is 0.418 e. The van der Waals surface area contributed by atoms with E-state index in [4.69, 9.17) is 11.5 Å². The fourth-order valence-electron chi connectivity index (χ4n) is 0.830. The van der Waals surface area contributed by atoms with Crippen molar-refractivity contribution in [2.45, 2.75) is 6.18 Å². The highest BCUT2D eigenvalue weighted by Gasteiger charge is 2.33. The molecule has 0 amide bonds. The molecule has 0 aliphatic heterocycles. The lowest BCUT2D eigenvalue weighted by molar-refractivity contribution is -0.136. The molecule has 0 aliphatic rings. The molecule has 0 bridgehead atoms. The fraction of sp³-hybridized carbons (Fsp3) is 0.143. The van der Waals surface area contributed by atoms with Crippen molar-refractivity contribution in [3.8, 4) is 0 Å². The summed E-state index contributed by atoms with van der Waals surface area (Å²) in [5.74, 6) is 0. The minimum absolute atomic E-state index is 0. The molecule has 0 saturated carbocycles. The third-order valence-corrected chi connectivity index (χ3v) is 1.45. The van der Waals surface area contributed by atoms with Gasteiger partial charge in [-0.2, -0.15) is 13.2 Å². The molecule has 14 heavy (non-hydrogen) atoms. The Morgan fingerprint density at radius 3 is 1.86 bits per heavy atom. The third-order valence-electron chi connectivity index (χ3n) is 1.45. The molecule has 0 heterocycles. The van der Waals surface area contributed by atoms with Gasteiger partial charge < -0.3 is 11.5 Å². The smallest absolute Gasteiger partial charge is 0.397 e. The zero-order valence-corrected chi connectivity index (χ0v) is 8.47. The van der Waals surface area contributed by atoms with E-state index in [1.165, 1.54) is 12.1 Å². The number of alkyl halides is 3. The summed E-state index contributed by atoms with van der Waals surface area (Å²) in [5.41, 5.74) is 8.97. The van der Waals surface area contributed by atoms with E-state index in [0.717, 1.165) is 6.07 Å². The Labute approximate surface area is 91.3 Å². The predicted octanol–water partition coefficient (Wildman–Crippen LogP) is 2.71. The van der Waals surface area contributed by atoms with E-state index < -0.39 is 17.4 Å². The van der Waals surface area contributed by atoms with Crippen LogP contribution in [0.3, 0.4) is 0 Å². The van der Waals surface area contributed by atoms with E-state index >= 15 is 0 Å². The van der Waals surface area contributed by atoms with Gasteiger partial charge in [0.25, 0.3) is 0 Å². The van der Waals surface area contributed by atoms with Crippen molar-refractivity contribution >= 4 is 36.2 Å². The number of rotatable bonds is 0. The van der Waals surface area contributed by atoms with Crippen LogP contribution in [-0.4, -0.2) is 0 Å². The van der Waals surface area contributed by atoms with Gasteiger partial charge in [0.05, 0.1) is 16.9 Å². The molecule has 0 radical (unpaired) electrons. The maximum absolute atomic E-state index is 12.1. The van der Waals surface area contributed by atoms with Gasteiger partial charge in [0.1, 0.15) is 0 Å². The predicted molar refractivity (Wildman–Crippen MR) is 54.8 cm³/mol. The Balaban J connectivity index is 0. The van der Waals surface area contributed by atoms with Gasteiger partial charge in [-0.1, -0.05) is 6.07 Å². The molecule has 0 aliphatic carbocycles. The Morgan fingerprint density at radius 1 is 1.00 bits per heavy atom. The average molecular weight is 249 g/mol. The molecule has 4 N–H and O–H groups in total. The highest BCUT2D eigenvalue weighted by Crippen LogP contribution is 2.35. The van der Waals surface area contributed by atoms with E-state index in [1.807, 2.05) is 0 Å². The number of halogens is 5. The van der Waals surface area contributed by atoms with Crippen molar-refractivity contribution < 1.29 is 13.2 Å². The molecular formula is C7H9Cl2F3N2. The van der Waals surface area contributed by atoms with Crippen LogP contribution in [0.2, 0.25) is 0 Å². The van der Waals surface area contributed by atoms with Gasteiger partial charge in [-0.3, -0.25) is 0 Å². The van der Waals surface area contributed by atoms with E-state index in [1.54, 1.807) is 0 Å². The number of anilines is 2. The minimum atomic E-state index is -4.43. The van der Waals surface area contributed by atoms with Crippen LogP contribution in [0.25, 0.3) is 0 Å². The zero-order valence-electron chi connectivity index (χ0n) is 6.84. The lowest BCUT2D eigenvalue weighted by Crippen LogP contribution is -2.10. The Hall–Kier alpha value is -0.810. The van der Waals surface area contributed by atoms with E-state index in [9.17, 15) is 13.2 Å². The van der Waals surface area contributed by atoms with Crippen molar-refractivity contribution in [2.75, 3.05) is 11.5 Å². The SMILES string of the molecule is Cl.Cl.Nc1cccc(C(F)(F)F)c1N. The van der Waals surface area contributed by atoms with Gasteiger partial charge >= 0.3 is 6.18 Å². The molecule has 1 aromatic rings. The summed E-state index contributed by atoms with van der Waals surface area (Å²) in [6, 6.07) is 3.44. The van der Waals surface area contributed by atoms with Crippen LogP contribution in [0.5, 0.6) is 0 Å². The van der Waals surface area contributed by atoms with Gasteiger partial charge in [0.15, 0.2) is 0 Å². The maximum Gasteiger partial charge on any atom is 0.418 e. The molecule has 0 atom stereocenters. The van der Waals surface area contributed by atoms with Crippen LogP contribution >= 0.6 is 24.8 Å². The van der Waals surface area contributed by atoms with Crippen LogP contribution in [0.15, 0.2) is 18.2 Å². The number of benzene rings is 1. The second kappa shape index (κ2) is 5.17. The van der Waals surface area contributed by atoms with Crippen molar-refractivity contribution in [1.82, 2.24) is 0 Å². The van der Waals surface area contributed by atoms with Crippen molar-refractivity contribution in [3.05, 3.63) is 23.8 Å². The number of nitrogens with two attached hydrogens (primary N) is 2. The molecule has 1 aromatic carbocycles. The molecule has 82 valence electrons. The monoisotopic (exact) mass is 248 g/mol. The lowest BCUT2D eigenvalue weighted by atomic mass is 10.1. The molecular weight excluding hydrogens is 240 g/mol. The summed E-state index contributed by atoms with van der Waals surface area (Å²) in [6.45, 7) is 0. The molecule has 0 saturated heterocycles. The first kappa shape index (κ1) is 15.7. The number of hydrogen-bond acceptors (Lipinski definition) is 2. The molecule has 0 spiro atoms. The van der Waals surface area contributed by atoms with E-state index in [-0.39, 0.29) is 30.5 Å². The van der Waals surface area contributed by atoms with Crippen LogP contribution in [-0.2, 0) is 6.18 Å². The Morgan fingerprint density at radius 2 is 1.50 bits per heavy atom. The van der Waals surface area contributed by atoms with E-state index in [2.05, 4.69) is 0 Å². The van der Waals surface area contributed by atoms with Crippen LogP contribution in [0.4, 0.5) is 24.5 Å². The zero-order chi connectivity index (χ0) is 9.35. The maximum atomic E-state index is 12.1. The summed E-state index contributed by atoms with van der Waals surface area (Å²) in [6.07, 6.45) is -4.43. The minimum Gasteiger partial charge on any atom is -0.397 e. The quantitative estimate of drug-likeness (QED) is 0.694. The molecule has 1 rings (SSSR count). The Bertz CT molecular complexity index is 301. The normalized spacial score (nSPS) is 9.93. The summed E-state index contributed by atoms with van der Waals surface area (Å²) >= 11 is 0. The average Bonchev–Trinajstić information content (AvgIpc) is 1.92. The van der Waals surface area contributed by atoms with Crippen LogP contribution in [0, 0.1) is 0 Å². The first-order valence-corrected chi connectivity index (χ1v) is 3.14. The second-order valence-corrected chi connectivity index (χ2v) is 2.31. The summed E-state index contributed by atoms with van der Waals surface area (Å²) in [5, 5.41) is 0.